The number of amides is 1. The summed E-state index contributed by atoms with van der Waals surface area (Å²) in [4.78, 5) is 28.3. The van der Waals surface area contributed by atoms with Gasteiger partial charge in [-0.25, -0.2) is 9.37 Å². The maximum atomic E-state index is 13.8. The number of benzene rings is 1. The lowest BCUT2D eigenvalue weighted by molar-refractivity contribution is 0.0950. The second kappa shape index (κ2) is 8.27. The monoisotopic (exact) mass is 367 g/mol. The van der Waals surface area contributed by atoms with Crippen LogP contribution in [0.2, 0.25) is 0 Å². The molecule has 0 aliphatic heterocycles. The molecule has 0 saturated heterocycles. The van der Waals surface area contributed by atoms with Crippen LogP contribution in [0.5, 0.6) is 11.6 Å². The fourth-order valence-corrected chi connectivity index (χ4v) is 2.47. The van der Waals surface area contributed by atoms with Gasteiger partial charge in [-0.3, -0.25) is 9.59 Å². The van der Waals surface area contributed by atoms with Crippen LogP contribution in [0.25, 0.3) is 0 Å². The first-order valence-corrected chi connectivity index (χ1v) is 8.43. The second-order valence-electron chi connectivity index (χ2n) is 5.72. The summed E-state index contributed by atoms with van der Waals surface area (Å²) in [6.07, 6.45) is 3.10. The summed E-state index contributed by atoms with van der Waals surface area (Å²) in [6, 6.07) is 12.3. The fourth-order valence-electron chi connectivity index (χ4n) is 2.47. The molecule has 0 unspecified atom stereocenters. The molecule has 1 amide bonds. The van der Waals surface area contributed by atoms with Crippen molar-refractivity contribution >= 4 is 5.91 Å². The predicted octanol–water partition coefficient (Wildman–Crippen LogP) is 3.12. The molecule has 0 aliphatic carbocycles. The zero-order chi connectivity index (χ0) is 19.2. The number of ether oxygens (including phenoxy) is 1. The maximum Gasteiger partial charge on any atom is 0.251 e. The largest absolute Gasteiger partial charge is 0.436 e. The Labute approximate surface area is 155 Å². The van der Waals surface area contributed by atoms with Crippen molar-refractivity contribution in [2.24, 2.45) is 0 Å². The van der Waals surface area contributed by atoms with Gasteiger partial charge < -0.3 is 14.6 Å². The van der Waals surface area contributed by atoms with Gasteiger partial charge in [0.2, 0.25) is 5.88 Å². The minimum Gasteiger partial charge on any atom is -0.436 e. The summed E-state index contributed by atoms with van der Waals surface area (Å²) in [6.45, 7) is 2.50. The van der Waals surface area contributed by atoms with E-state index in [0.717, 1.165) is 0 Å². The molecule has 3 rings (SSSR count). The molecule has 0 atom stereocenters. The molecule has 138 valence electrons. The summed E-state index contributed by atoms with van der Waals surface area (Å²) >= 11 is 0. The molecule has 0 aliphatic rings. The van der Waals surface area contributed by atoms with Crippen LogP contribution in [0.15, 0.2) is 65.7 Å². The van der Waals surface area contributed by atoms with Crippen molar-refractivity contribution in [1.82, 2.24) is 14.9 Å². The number of para-hydroxylation sites is 1. The van der Waals surface area contributed by atoms with Crippen LogP contribution >= 0.6 is 0 Å². The van der Waals surface area contributed by atoms with Gasteiger partial charge in [-0.1, -0.05) is 18.2 Å². The van der Waals surface area contributed by atoms with Crippen LogP contribution in [-0.2, 0) is 13.1 Å². The highest BCUT2D eigenvalue weighted by molar-refractivity contribution is 5.93. The highest BCUT2D eigenvalue weighted by Crippen LogP contribution is 2.25. The maximum absolute atomic E-state index is 13.8. The number of pyridine rings is 2. The lowest BCUT2D eigenvalue weighted by Crippen LogP contribution is -2.26. The van der Waals surface area contributed by atoms with Crippen LogP contribution in [0.1, 0.15) is 22.8 Å². The molecule has 1 aromatic carbocycles. The van der Waals surface area contributed by atoms with Crippen molar-refractivity contribution in [1.29, 1.82) is 0 Å². The number of aryl methyl sites for hydroxylation is 1. The van der Waals surface area contributed by atoms with E-state index >= 15 is 0 Å². The third-order valence-corrected chi connectivity index (χ3v) is 3.93. The quantitative estimate of drug-likeness (QED) is 0.726. The SMILES string of the molecule is CCn1ccc(C(=O)NCc2cccnc2Oc2ccccc2F)cc1=O. The lowest BCUT2D eigenvalue weighted by atomic mass is 10.2. The van der Waals surface area contributed by atoms with Crippen molar-refractivity contribution in [2.45, 2.75) is 20.0 Å². The minimum atomic E-state index is -0.505. The van der Waals surface area contributed by atoms with E-state index in [9.17, 15) is 14.0 Å². The average Bonchev–Trinajstić information content (AvgIpc) is 2.68. The van der Waals surface area contributed by atoms with Crippen molar-refractivity contribution in [3.63, 3.8) is 0 Å². The van der Waals surface area contributed by atoms with Gasteiger partial charge in [0.15, 0.2) is 11.6 Å². The molecule has 0 saturated carbocycles. The number of rotatable bonds is 6. The number of nitrogens with zero attached hydrogens (tertiary/aromatic N) is 2. The Morgan fingerprint density at radius 2 is 2.04 bits per heavy atom. The van der Waals surface area contributed by atoms with E-state index in [1.807, 2.05) is 6.92 Å². The predicted molar refractivity (Wildman–Crippen MR) is 98.3 cm³/mol. The molecule has 27 heavy (non-hydrogen) atoms. The fraction of sp³-hybridized carbons (Fsp3) is 0.150. The topological polar surface area (TPSA) is 73.2 Å². The van der Waals surface area contributed by atoms with Gasteiger partial charge in [-0.2, -0.15) is 0 Å². The molecule has 0 radical (unpaired) electrons. The Hall–Kier alpha value is -3.48. The van der Waals surface area contributed by atoms with Gasteiger partial charge in [-0.05, 0) is 31.2 Å². The molecular formula is C20H18FN3O3. The summed E-state index contributed by atoms with van der Waals surface area (Å²) in [5.74, 6) is -0.651. The molecule has 2 heterocycles. The van der Waals surface area contributed by atoms with E-state index in [4.69, 9.17) is 4.74 Å². The number of hydrogen-bond donors (Lipinski definition) is 1. The first kappa shape index (κ1) is 18.3. The van der Waals surface area contributed by atoms with E-state index in [-0.39, 0.29) is 29.3 Å². The molecule has 7 heteroatoms. The standard InChI is InChI=1S/C20H18FN3O3/c1-2-24-11-9-14(12-18(24)25)19(26)23-13-15-6-5-10-22-20(15)27-17-8-4-3-7-16(17)21/h3-12H,2,13H2,1H3,(H,23,26). The summed E-state index contributed by atoms with van der Waals surface area (Å²) in [5.41, 5.74) is 0.608. The number of halogens is 1. The van der Waals surface area contributed by atoms with E-state index in [1.54, 1.807) is 36.5 Å². The van der Waals surface area contributed by atoms with Gasteiger partial charge in [0.25, 0.3) is 11.5 Å². The second-order valence-corrected chi connectivity index (χ2v) is 5.72. The Morgan fingerprint density at radius 3 is 2.78 bits per heavy atom. The number of carbonyl (C=O) groups is 1. The normalized spacial score (nSPS) is 10.4. The molecule has 3 aromatic rings. The number of aromatic nitrogens is 2. The van der Waals surface area contributed by atoms with Gasteiger partial charge in [0.05, 0.1) is 0 Å². The van der Waals surface area contributed by atoms with Crippen molar-refractivity contribution < 1.29 is 13.9 Å². The molecule has 0 bridgehead atoms. The van der Waals surface area contributed by atoms with Crippen LogP contribution in [0.4, 0.5) is 4.39 Å². The van der Waals surface area contributed by atoms with Crippen LogP contribution in [-0.4, -0.2) is 15.5 Å². The Balaban J connectivity index is 1.73. The summed E-state index contributed by atoms with van der Waals surface area (Å²) in [5, 5.41) is 2.72. The van der Waals surface area contributed by atoms with E-state index in [1.165, 1.54) is 29.0 Å². The minimum absolute atomic E-state index is 0.0481. The van der Waals surface area contributed by atoms with Crippen LogP contribution in [0, 0.1) is 5.82 Å². The lowest BCUT2D eigenvalue weighted by Gasteiger charge is -2.11. The van der Waals surface area contributed by atoms with Gasteiger partial charge in [-0.15, -0.1) is 0 Å². The van der Waals surface area contributed by atoms with Gasteiger partial charge in [0, 0.05) is 42.7 Å². The molecule has 0 fully saturated rings. The molecule has 1 N–H and O–H groups in total. The Bertz CT molecular complexity index is 1020. The van der Waals surface area contributed by atoms with Crippen LogP contribution < -0.4 is 15.6 Å². The highest BCUT2D eigenvalue weighted by Gasteiger charge is 2.12. The van der Waals surface area contributed by atoms with E-state index in [0.29, 0.717) is 12.1 Å². The van der Waals surface area contributed by atoms with Crippen molar-refractivity contribution in [3.05, 3.63) is 88.2 Å². The van der Waals surface area contributed by atoms with Gasteiger partial charge in [0.1, 0.15) is 0 Å². The zero-order valence-corrected chi connectivity index (χ0v) is 14.7. The summed E-state index contributed by atoms with van der Waals surface area (Å²) in [7, 11) is 0. The average molecular weight is 367 g/mol. The number of hydrogen-bond acceptors (Lipinski definition) is 4. The molecular weight excluding hydrogens is 349 g/mol. The molecule has 6 nitrogen and oxygen atoms in total. The zero-order valence-electron chi connectivity index (χ0n) is 14.7. The summed E-state index contributed by atoms with van der Waals surface area (Å²) < 4.78 is 20.8. The van der Waals surface area contributed by atoms with E-state index in [2.05, 4.69) is 10.3 Å². The Kier molecular flexibility index (Phi) is 5.61. The Morgan fingerprint density at radius 1 is 1.22 bits per heavy atom. The highest BCUT2D eigenvalue weighted by atomic mass is 19.1. The first-order valence-electron chi connectivity index (χ1n) is 8.43. The first-order chi connectivity index (χ1) is 13.1. The van der Waals surface area contributed by atoms with Crippen molar-refractivity contribution in [3.8, 4) is 11.6 Å². The van der Waals surface area contributed by atoms with E-state index < -0.39 is 11.7 Å². The number of carbonyl (C=O) groups excluding carboxylic acids is 1. The third kappa shape index (κ3) is 4.38. The third-order valence-electron chi connectivity index (χ3n) is 3.93. The smallest absolute Gasteiger partial charge is 0.251 e. The molecule has 2 aromatic heterocycles. The number of nitrogens with one attached hydrogen (secondary N) is 1. The van der Waals surface area contributed by atoms with Crippen molar-refractivity contribution in [2.75, 3.05) is 0 Å². The van der Waals surface area contributed by atoms with Crippen LogP contribution in [0.3, 0.4) is 0 Å². The van der Waals surface area contributed by atoms with Gasteiger partial charge >= 0.3 is 0 Å². The molecule has 0 spiro atoms.